The van der Waals surface area contributed by atoms with Gasteiger partial charge in [0.15, 0.2) is 0 Å². The maximum atomic E-state index is 5.45. The third-order valence-electron chi connectivity index (χ3n) is 7.61. The molecule has 0 heterocycles. The van der Waals surface area contributed by atoms with Crippen molar-refractivity contribution in [3.63, 3.8) is 0 Å². The summed E-state index contributed by atoms with van der Waals surface area (Å²) in [5, 5.41) is 0. The van der Waals surface area contributed by atoms with Gasteiger partial charge in [-0.05, 0) is 83.9 Å². The molecule has 0 spiro atoms. The molecule has 6 atom stereocenters. The lowest BCUT2D eigenvalue weighted by molar-refractivity contribution is 0.0486. The van der Waals surface area contributed by atoms with Crippen LogP contribution in [0.3, 0.4) is 0 Å². The predicted octanol–water partition coefficient (Wildman–Crippen LogP) is 5.60. The lowest BCUT2D eigenvalue weighted by atomic mass is 9.52. The molecule has 3 aliphatic rings. The summed E-state index contributed by atoms with van der Waals surface area (Å²) in [6.07, 6.45) is 5.21. The second-order valence-electron chi connectivity index (χ2n) is 8.65. The molecule has 0 amide bonds. The monoisotopic (exact) mass is 310 g/mol. The van der Waals surface area contributed by atoms with Crippen molar-refractivity contribution in [3.8, 4) is 5.75 Å². The Kier molecular flexibility index (Phi) is 3.41. The van der Waals surface area contributed by atoms with Crippen LogP contribution in [0.2, 0.25) is 0 Å². The summed E-state index contributed by atoms with van der Waals surface area (Å²) < 4.78 is 5.45. The van der Waals surface area contributed by atoms with Crippen LogP contribution in [-0.4, -0.2) is 7.11 Å². The Hall–Kier alpha value is -1.24. The highest BCUT2D eigenvalue weighted by Crippen LogP contribution is 2.64. The van der Waals surface area contributed by atoms with E-state index in [2.05, 4.69) is 45.5 Å². The van der Waals surface area contributed by atoms with Crippen LogP contribution in [-0.2, 0) is 6.42 Å². The largest absolute Gasteiger partial charge is 0.497 e. The molecule has 2 saturated carbocycles. The van der Waals surface area contributed by atoms with Gasteiger partial charge in [0, 0.05) is 0 Å². The Morgan fingerprint density at radius 3 is 2.78 bits per heavy atom. The molecule has 1 aromatic carbocycles. The van der Waals surface area contributed by atoms with Gasteiger partial charge in [-0.1, -0.05) is 39.0 Å². The van der Waals surface area contributed by atoms with Gasteiger partial charge in [0.1, 0.15) is 5.75 Å². The lowest BCUT2D eigenvalue weighted by Crippen LogP contribution is -2.43. The highest BCUT2D eigenvalue weighted by atomic mass is 16.5. The molecular formula is C22H30O. The van der Waals surface area contributed by atoms with Crippen LogP contribution in [0.15, 0.2) is 30.4 Å². The molecule has 3 aliphatic carbocycles. The third-order valence-corrected chi connectivity index (χ3v) is 7.61. The zero-order chi connectivity index (χ0) is 16.4. The van der Waals surface area contributed by atoms with Crippen LogP contribution < -0.4 is 4.74 Å². The van der Waals surface area contributed by atoms with E-state index in [9.17, 15) is 0 Å². The second kappa shape index (κ2) is 5.13. The molecule has 0 N–H and O–H groups in total. The summed E-state index contributed by atoms with van der Waals surface area (Å²) in [5.74, 6) is 4.88. The molecule has 1 nitrogen and oxygen atoms in total. The van der Waals surface area contributed by atoms with Crippen molar-refractivity contribution in [2.24, 2.45) is 29.1 Å². The van der Waals surface area contributed by atoms with Gasteiger partial charge < -0.3 is 4.74 Å². The number of rotatable bonds is 1. The molecule has 1 aromatic rings. The van der Waals surface area contributed by atoms with Crippen LogP contribution in [0.4, 0.5) is 0 Å². The van der Waals surface area contributed by atoms with Crippen molar-refractivity contribution < 1.29 is 4.74 Å². The topological polar surface area (TPSA) is 9.23 Å². The van der Waals surface area contributed by atoms with Crippen molar-refractivity contribution in [2.45, 2.75) is 52.4 Å². The van der Waals surface area contributed by atoms with E-state index in [-0.39, 0.29) is 0 Å². The first-order chi connectivity index (χ1) is 11.0. The van der Waals surface area contributed by atoms with E-state index in [4.69, 9.17) is 4.74 Å². The minimum atomic E-state index is 0.388. The highest BCUT2D eigenvalue weighted by molar-refractivity contribution is 5.42. The molecule has 4 rings (SSSR count). The number of hydrogen-bond acceptors (Lipinski definition) is 1. The molecule has 0 unspecified atom stereocenters. The van der Waals surface area contributed by atoms with Crippen molar-refractivity contribution in [2.75, 3.05) is 7.11 Å². The number of allylic oxidation sites excluding steroid dienone is 1. The number of ether oxygens (including phenoxy) is 1. The Morgan fingerprint density at radius 2 is 2.04 bits per heavy atom. The average molecular weight is 310 g/mol. The summed E-state index contributed by atoms with van der Waals surface area (Å²) in [6, 6.07) is 6.80. The summed E-state index contributed by atoms with van der Waals surface area (Å²) in [7, 11) is 1.77. The normalized spacial score (nSPS) is 41.9. The average Bonchev–Trinajstić information content (AvgIpc) is 2.77. The summed E-state index contributed by atoms with van der Waals surface area (Å²) in [6.45, 7) is 11.9. The van der Waals surface area contributed by atoms with Crippen LogP contribution >= 0.6 is 0 Å². The fraction of sp³-hybridized carbons (Fsp3) is 0.636. The van der Waals surface area contributed by atoms with Gasteiger partial charge in [0.2, 0.25) is 0 Å². The Morgan fingerprint density at radius 1 is 1.26 bits per heavy atom. The van der Waals surface area contributed by atoms with Crippen molar-refractivity contribution in [1.82, 2.24) is 0 Å². The van der Waals surface area contributed by atoms with Crippen LogP contribution in [0, 0.1) is 29.1 Å². The second-order valence-corrected chi connectivity index (χ2v) is 8.65. The molecular weight excluding hydrogens is 280 g/mol. The highest BCUT2D eigenvalue weighted by Gasteiger charge is 2.55. The van der Waals surface area contributed by atoms with Crippen molar-refractivity contribution in [1.29, 1.82) is 0 Å². The fourth-order valence-corrected chi connectivity index (χ4v) is 6.33. The van der Waals surface area contributed by atoms with E-state index in [1.807, 2.05) is 0 Å². The molecule has 0 aliphatic heterocycles. The van der Waals surface area contributed by atoms with Gasteiger partial charge in [-0.15, -0.1) is 0 Å². The van der Waals surface area contributed by atoms with Gasteiger partial charge in [-0.25, -0.2) is 0 Å². The third kappa shape index (κ3) is 2.05. The molecule has 0 radical (unpaired) electrons. The quantitative estimate of drug-likeness (QED) is 0.613. The molecule has 1 heteroatoms. The van der Waals surface area contributed by atoms with E-state index in [1.165, 1.54) is 36.8 Å². The van der Waals surface area contributed by atoms with E-state index >= 15 is 0 Å². The number of methoxy groups -OCH3 is 1. The standard InChI is InChI=1S/C22H30O/c1-13-11-20-21-14(2)10-16-12-17(23-5)6-7-18(16)19(21)8-9-22(20,4)15(13)3/h6-7,12-14,19-21H,3,8-11H2,1-2,4-5H3/t13-,14+,19+,20+,21+,22+/m0/s1. The summed E-state index contributed by atoms with van der Waals surface area (Å²) >= 11 is 0. The minimum absolute atomic E-state index is 0.388. The molecule has 0 bridgehead atoms. The zero-order valence-electron chi connectivity index (χ0n) is 15.1. The lowest BCUT2D eigenvalue weighted by Gasteiger charge is -2.52. The van der Waals surface area contributed by atoms with Crippen LogP contribution in [0.5, 0.6) is 5.75 Å². The molecule has 23 heavy (non-hydrogen) atoms. The summed E-state index contributed by atoms with van der Waals surface area (Å²) in [4.78, 5) is 0. The fourth-order valence-electron chi connectivity index (χ4n) is 6.33. The minimum Gasteiger partial charge on any atom is -0.497 e. The first-order valence-corrected chi connectivity index (χ1v) is 9.31. The molecule has 0 aromatic heterocycles. The van der Waals surface area contributed by atoms with Gasteiger partial charge in [0.25, 0.3) is 0 Å². The van der Waals surface area contributed by atoms with E-state index in [0.29, 0.717) is 11.3 Å². The van der Waals surface area contributed by atoms with Gasteiger partial charge in [0.05, 0.1) is 7.11 Å². The van der Waals surface area contributed by atoms with Gasteiger partial charge in [-0.2, -0.15) is 0 Å². The van der Waals surface area contributed by atoms with Crippen LogP contribution in [0.1, 0.15) is 57.1 Å². The van der Waals surface area contributed by atoms with E-state index in [0.717, 1.165) is 29.4 Å². The Balaban J connectivity index is 1.75. The summed E-state index contributed by atoms with van der Waals surface area (Å²) in [5.41, 5.74) is 5.07. The maximum Gasteiger partial charge on any atom is 0.119 e. The molecule has 2 fully saturated rings. The SMILES string of the molecule is C=C1[C@@H](C)C[C@@H]2[C@@H]3[C@H](C)Cc4cc(OC)ccc4[C@H]3CC[C@]12C. The molecule has 124 valence electrons. The van der Waals surface area contributed by atoms with Gasteiger partial charge in [-0.3, -0.25) is 0 Å². The van der Waals surface area contributed by atoms with Crippen molar-refractivity contribution in [3.05, 3.63) is 41.5 Å². The van der Waals surface area contributed by atoms with Crippen molar-refractivity contribution >= 4 is 0 Å². The number of fused-ring (bicyclic) bond motifs is 5. The predicted molar refractivity (Wildman–Crippen MR) is 95.8 cm³/mol. The number of hydrogen-bond donors (Lipinski definition) is 0. The number of benzene rings is 1. The smallest absolute Gasteiger partial charge is 0.119 e. The Bertz CT molecular complexity index is 645. The first-order valence-electron chi connectivity index (χ1n) is 9.31. The first kappa shape index (κ1) is 15.3. The zero-order valence-corrected chi connectivity index (χ0v) is 15.1. The van der Waals surface area contributed by atoms with Crippen LogP contribution in [0.25, 0.3) is 0 Å². The Labute approximate surface area is 141 Å². The maximum absolute atomic E-state index is 5.45. The molecule has 0 saturated heterocycles. The van der Waals surface area contributed by atoms with E-state index in [1.54, 1.807) is 12.7 Å². The van der Waals surface area contributed by atoms with Gasteiger partial charge >= 0.3 is 0 Å². The van der Waals surface area contributed by atoms with E-state index < -0.39 is 0 Å².